The lowest BCUT2D eigenvalue weighted by atomic mass is 9.86. The summed E-state index contributed by atoms with van der Waals surface area (Å²) in [4.78, 5) is 25.3. The standard InChI is InChI=1S/C28H29NO4/c1-28(2,3)22-13-11-20(12-14-22)27(31)21-7-6-8-23(18-21)29-26(30)16-10-19-9-15-24(32-4)25(17-19)33-5/h6-18H,1-5H3,(H,29,30)/b16-10+. The van der Waals surface area contributed by atoms with Gasteiger partial charge in [-0.2, -0.15) is 0 Å². The monoisotopic (exact) mass is 443 g/mol. The minimum Gasteiger partial charge on any atom is -0.493 e. The van der Waals surface area contributed by atoms with Crippen LogP contribution in [0.2, 0.25) is 0 Å². The molecule has 0 aliphatic rings. The molecule has 0 unspecified atom stereocenters. The first-order valence-corrected chi connectivity index (χ1v) is 10.7. The zero-order valence-electron chi connectivity index (χ0n) is 19.6. The van der Waals surface area contributed by atoms with Gasteiger partial charge in [-0.3, -0.25) is 9.59 Å². The Bertz CT molecular complexity index is 1170. The first-order valence-electron chi connectivity index (χ1n) is 10.7. The number of nitrogens with one attached hydrogen (secondary N) is 1. The highest BCUT2D eigenvalue weighted by molar-refractivity contribution is 6.10. The molecular formula is C28H29NO4. The van der Waals surface area contributed by atoms with E-state index in [4.69, 9.17) is 9.47 Å². The Morgan fingerprint density at radius 1 is 0.818 bits per heavy atom. The van der Waals surface area contributed by atoms with Crippen LogP contribution in [-0.4, -0.2) is 25.9 Å². The van der Waals surface area contributed by atoms with Crippen molar-refractivity contribution in [2.45, 2.75) is 26.2 Å². The van der Waals surface area contributed by atoms with Gasteiger partial charge in [0.15, 0.2) is 17.3 Å². The Hall–Kier alpha value is -3.86. The van der Waals surface area contributed by atoms with Crippen LogP contribution in [0.5, 0.6) is 11.5 Å². The Balaban J connectivity index is 1.70. The SMILES string of the molecule is COc1ccc(/C=C/C(=O)Nc2cccc(C(=O)c3ccc(C(C)(C)C)cc3)c2)cc1OC. The molecule has 0 radical (unpaired) electrons. The van der Waals surface area contributed by atoms with Crippen LogP contribution in [0.15, 0.2) is 72.8 Å². The second-order valence-corrected chi connectivity index (χ2v) is 8.67. The molecule has 3 rings (SSSR count). The summed E-state index contributed by atoms with van der Waals surface area (Å²) >= 11 is 0. The normalized spacial score (nSPS) is 11.3. The van der Waals surface area contributed by atoms with E-state index in [1.165, 1.54) is 11.6 Å². The van der Waals surface area contributed by atoms with E-state index in [2.05, 4.69) is 26.1 Å². The molecule has 3 aromatic carbocycles. The van der Waals surface area contributed by atoms with Gasteiger partial charge in [0.1, 0.15) is 0 Å². The molecule has 0 aliphatic heterocycles. The predicted octanol–water partition coefficient (Wildman–Crippen LogP) is 5.88. The number of carbonyl (C=O) groups excluding carboxylic acids is 2. The van der Waals surface area contributed by atoms with Gasteiger partial charge in [0.2, 0.25) is 5.91 Å². The summed E-state index contributed by atoms with van der Waals surface area (Å²) in [6, 6.07) is 20.0. The largest absolute Gasteiger partial charge is 0.493 e. The number of carbonyl (C=O) groups is 2. The number of rotatable bonds is 7. The maximum absolute atomic E-state index is 12.9. The number of hydrogen-bond acceptors (Lipinski definition) is 4. The molecule has 5 heteroatoms. The average molecular weight is 444 g/mol. The fraction of sp³-hybridized carbons (Fsp3) is 0.214. The number of hydrogen-bond donors (Lipinski definition) is 1. The van der Waals surface area contributed by atoms with Crippen molar-refractivity contribution in [3.05, 3.63) is 95.1 Å². The van der Waals surface area contributed by atoms with Crippen molar-refractivity contribution in [3.8, 4) is 11.5 Å². The van der Waals surface area contributed by atoms with E-state index >= 15 is 0 Å². The molecule has 170 valence electrons. The van der Waals surface area contributed by atoms with Gasteiger partial charge in [0.25, 0.3) is 0 Å². The Morgan fingerprint density at radius 3 is 2.15 bits per heavy atom. The van der Waals surface area contributed by atoms with E-state index in [1.807, 2.05) is 30.3 Å². The third-order valence-electron chi connectivity index (χ3n) is 5.24. The molecule has 0 heterocycles. The van der Waals surface area contributed by atoms with Crippen LogP contribution in [-0.2, 0) is 10.2 Å². The molecule has 3 aromatic rings. The van der Waals surface area contributed by atoms with E-state index in [0.29, 0.717) is 28.3 Å². The van der Waals surface area contributed by atoms with Crippen molar-refractivity contribution in [2.75, 3.05) is 19.5 Å². The van der Waals surface area contributed by atoms with Crippen molar-refractivity contribution >= 4 is 23.5 Å². The van der Waals surface area contributed by atoms with Crippen LogP contribution in [0.4, 0.5) is 5.69 Å². The molecule has 0 atom stereocenters. The van der Waals surface area contributed by atoms with Gasteiger partial charge in [0, 0.05) is 22.9 Å². The summed E-state index contributed by atoms with van der Waals surface area (Å²) in [5.41, 5.74) is 3.66. The zero-order valence-corrected chi connectivity index (χ0v) is 19.6. The topological polar surface area (TPSA) is 64.6 Å². The van der Waals surface area contributed by atoms with Gasteiger partial charge in [-0.1, -0.05) is 63.2 Å². The van der Waals surface area contributed by atoms with E-state index < -0.39 is 0 Å². The highest BCUT2D eigenvalue weighted by Gasteiger charge is 2.15. The van der Waals surface area contributed by atoms with Gasteiger partial charge >= 0.3 is 0 Å². The Labute approximate surface area is 195 Å². The molecule has 1 N–H and O–H groups in total. The highest BCUT2D eigenvalue weighted by Crippen LogP contribution is 2.28. The van der Waals surface area contributed by atoms with Crippen LogP contribution in [0.25, 0.3) is 6.08 Å². The second kappa shape index (κ2) is 10.2. The van der Waals surface area contributed by atoms with Crippen molar-refractivity contribution in [1.82, 2.24) is 0 Å². The molecular weight excluding hydrogens is 414 g/mol. The summed E-state index contributed by atoms with van der Waals surface area (Å²) in [5, 5.41) is 2.81. The Morgan fingerprint density at radius 2 is 1.52 bits per heavy atom. The number of ether oxygens (including phenoxy) is 2. The maximum Gasteiger partial charge on any atom is 0.248 e. The Kier molecular flexibility index (Phi) is 7.34. The number of ketones is 1. The maximum atomic E-state index is 12.9. The second-order valence-electron chi connectivity index (χ2n) is 8.67. The van der Waals surface area contributed by atoms with E-state index in [-0.39, 0.29) is 17.1 Å². The summed E-state index contributed by atoms with van der Waals surface area (Å²) < 4.78 is 10.5. The quantitative estimate of drug-likeness (QED) is 0.366. The minimum atomic E-state index is -0.302. The van der Waals surface area contributed by atoms with Gasteiger partial charge in [-0.25, -0.2) is 0 Å². The molecule has 33 heavy (non-hydrogen) atoms. The average Bonchev–Trinajstić information content (AvgIpc) is 2.81. The molecule has 0 saturated carbocycles. The van der Waals surface area contributed by atoms with Gasteiger partial charge < -0.3 is 14.8 Å². The molecule has 0 spiro atoms. The predicted molar refractivity (Wildman–Crippen MR) is 132 cm³/mol. The lowest BCUT2D eigenvalue weighted by Crippen LogP contribution is -2.11. The van der Waals surface area contributed by atoms with Gasteiger partial charge in [0.05, 0.1) is 14.2 Å². The molecule has 5 nitrogen and oxygen atoms in total. The smallest absolute Gasteiger partial charge is 0.248 e. The molecule has 0 aromatic heterocycles. The third-order valence-corrected chi connectivity index (χ3v) is 5.24. The van der Waals surface area contributed by atoms with Crippen LogP contribution in [0.3, 0.4) is 0 Å². The molecule has 0 saturated heterocycles. The lowest BCUT2D eigenvalue weighted by molar-refractivity contribution is -0.111. The van der Waals surface area contributed by atoms with Crippen LogP contribution < -0.4 is 14.8 Å². The van der Waals surface area contributed by atoms with E-state index in [9.17, 15) is 9.59 Å². The number of methoxy groups -OCH3 is 2. The first-order chi connectivity index (χ1) is 15.7. The van der Waals surface area contributed by atoms with E-state index in [0.717, 1.165) is 5.56 Å². The number of benzene rings is 3. The lowest BCUT2D eigenvalue weighted by Gasteiger charge is -2.19. The fourth-order valence-corrected chi connectivity index (χ4v) is 3.34. The number of anilines is 1. The summed E-state index contributed by atoms with van der Waals surface area (Å²) in [7, 11) is 3.13. The number of amides is 1. The third kappa shape index (κ3) is 6.10. The van der Waals surface area contributed by atoms with Crippen molar-refractivity contribution < 1.29 is 19.1 Å². The minimum absolute atomic E-state index is 0.0241. The van der Waals surface area contributed by atoms with Crippen LogP contribution in [0, 0.1) is 0 Å². The molecule has 0 bridgehead atoms. The summed E-state index contributed by atoms with van der Waals surface area (Å²) in [5.74, 6) is 0.812. The molecule has 1 amide bonds. The van der Waals surface area contributed by atoms with Crippen LogP contribution in [0.1, 0.15) is 47.8 Å². The molecule has 0 fully saturated rings. The van der Waals surface area contributed by atoms with Crippen molar-refractivity contribution in [3.63, 3.8) is 0 Å². The highest BCUT2D eigenvalue weighted by atomic mass is 16.5. The summed E-state index contributed by atoms with van der Waals surface area (Å²) in [6.45, 7) is 6.40. The molecule has 0 aliphatic carbocycles. The fourth-order valence-electron chi connectivity index (χ4n) is 3.34. The van der Waals surface area contributed by atoms with Crippen molar-refractivity contribution in [1.29, 1.82) is 0 Å². The van der Waals surface area contributed by atoms with Crippen LogP contribution >= 0.6 is 0 Å². The van der Waals surface area contributed by atoms with E-state index in [1.54, 1.807) is 56.7 Å². The summed E-state index contributed by atoms with van der Waals surface area (Å²) in [6.07, 6.45) is 3.12. The van der Waals surface area contributed by atoms with Crippen molar-refractivity contribution in [2.24, 2.45) is 0 Å². The first kappa shape index (κ1) is 23.8. The zero-order chi connectivity index (χ0) is 24.0. The van der Waals surface area contributed by atoms with Gasteiger partial charge in [-0.05, 0) is 46.9 Å². The van der Waals surface area contributed by atoms with Gasteiger partial charge in [-0.15, -0.1) is 0 Å².